The molecule has 10 heteroatoms. The molecule has 8 nitrogen and oxygen atoms in total. The van der Waals surface area contributed by atoms with Crippen molar-refractivity contribution in [3.63, 3.8) is 0 Å². The van der Waals surface area contributed by atoms with Gasteiger partial charge in [0.05, 0.1) is 10.5 Å². The van der Waals surface area contributed by atoms with Crippen LogP contribution in [0.3, 0.4) is 0 Å². The van der Waals surface area contributed by atoms with E-state index in [0.29, 0.717) is 16.8 Å². The first-order chi connectivity index (χ1) is 13.9. The Bertz CT molecular complexity index is 1370. The number of oxazole rings is 1. The fraction of sp³-hybridized carbons (Fsp3) is 0.158. The molecule has 0 aliphatic carbocycles. The summed E-state index contributed by atoms with van der Waals surface area (Å²) in [5.41, 5.74) is 1.25. The Morgan fingerprint density at radius 1 is 1.24 bits per heavy atom. The Balaban J connectivity index is 1.49. The van der Waals surface area contributed by atoms with E-state index in [-0.39, 0.29) is 28.7 Å². The first-order valence-electron chi connectivity index (χ1n) is 8.62. The SMILES string of the molecule is Cn1c(=O)oc2cc(S(=O)(=O)NCCOc3cccc4cccnc34)c(Cl)cc21. The Labute approximate surface area is 170 Å². The minimum atomic E-state index is -3.93. The first kappa shape index (κ1) is 19.4. The average molecular weight is 434 g/mol. The maximum absolute atomic E-state index is 12.6. The van der Waals surface area contributed by atoms with E-state index in [1.54, 1.807) is 12.3 Å². The number of ether oxygens (including phenoxy) is 1. The highest BCUT2D eigenvalue weighted by molar-refractivity contribution is 7.89. The van der Waals surface area contributed by atoms with Crippen LogP contribution < -0.4 is 15.2 Å². The van der Waals surface area contributed by atoms with Crippen molar-refractivity contribution in [3.05, 3.63) is 64.2 Å². The van der Waals surface area contributed by atoms with Gasteiger partial charge in [-0.25, -0.2) is 17.9 Å². The van der Waals surface area contributed by atoms with Gasteiger partial charge in [-0.15, -0.1) is 0 Å². The van der Waals surface area contributed by atoms with Gasteiger partial charge in [0.1, 0.15) is 22.8 Å². The summed E-state index contributed by atoms with van der Waals surface area (Å²) in [5.74, 6) is -0.0384. The first-order valence-corrected chi connectivity index (χ1v) is 10.5. The molecule has 0 radical (unpaired) electrons. The average Bonchev–Trinajstić information content (AvgIpc) is 2.98. The van der Waals surface area contributed by atoms with E-state index in [1.165, 1.54) is 23.7 Å². The van der Waals surface area contributed by atoms with Gasteiger partial charge in [-0.1, -0.05) is 29.8 Å². The third-order valence-electron chi connectivity index (χ3n) is 4.38. The molecule has 0 bridgehead atoms. The minimum absolute atomic E-state index is 0.0126. The smallest absolute Gasteiger partial charge is 0.419 e. The standard InChI is InChI=1S/C19H16ClN3O5S/c1-23-14-10-13(20)17(11-16(14)28-19(23)24)29(25,26)22-8-9-27-15-6-2-4-12-5-3-7-21-18(12)15/h2-7,10-11,22H,8-9H2,1H3. The van der Waals surface area contributed by atoms with Crippen LogP contribution in [0.25, 0.3) is 22.0 Å². The van der Waals surface area contributed by atoms with Gasteiger partial charge in [0.2, 0.25) is 10.0 Å². The van der Waals surface area contributed by atoms with Crippen molar-refractivity contribution in [1.29, 1.82) is 0 Å². The summed E-state index contributed by atoms with van der Waals surface area (Å²) < 4.78 is 39.7. The molecule has 0 fully saturated rings. The number of nitrogens with zero attached hydrogens (tertiary/aromatic N) is 2. The van der Waals surface area contributed by atoms with E-state index in [2.05, 4.69) is 9.71 Å². The zero-order valence-electron chi connectivity index (χ0n) is 15.3. The maximum Gasteiger partial charge on any atom is 0.419 e. The lowest BCUT2D eigenvalue weighted by Gasteiger charge is -2.11. The lowest BCUT2D eigenvalue weighted by molar-refractivity contribution is 0.326. The second kappa shape index (κ2) is 7.51. The summed E-state index contributed by atoms with van der Waals surface area (Å²) in [7, 11) is -2.42. The number of hydrogen-bond donors (Lipinski definition) is 1. The molecule has 2 heterocycles. The fourth-order valence-electron chi connectivity index (χ4n) is 2.94. The van der Waals surface area contributed by atoms with Crippen molar-refractivity contribution in [2.45, 2.75) is 4.90 Å². The molecule has 150 valence electrons. The molecular weight excluding hydrogens is 418 g/mol. The molecule has 4 aromatic rings. The highest BCUT2D eigenvalue weighted by Crippen LogP contribution is 2.27. The van der Waals surface area contributed by atoms with E-state index >= 15 is 0 Å². The van der Waals surface area contributed by atoms with Crippen molar-refractivity contribution < 1.29 is 17.6 Å². The summed E-state index contributed by atoms with van der Waals surface area (Å²) in [5, 5.41) is 0.913. The number of aromatic nitrogens is 2. The van der Waals surface area contributed by atoms with Crippen LogP contribution in [-0.4, -0.2) is 31.1 Å². The molecule has 1 N–H and O–H groups in total. The Hall–Kier alpha value is -2.88. The third kappa shape index (κ3) is 3.71. The second-order valence-corrected chi connectivity index (χ2v) is 8.40. The highest BCUT2D eigenvalue weighted by atomic mass is 35.5. The Morgan fingerprint density at radius 3 is 2.86 bits per heavy atom. The predicted octanol–water partition coefficient (Wildman–Crippen LogP) is 2.69. The summed E-state index contributed by atoms with van der Waals surface area (Å²) in [6.45, 7) is 0.105. The Kier molecular flexibility index (Phi) is 5.03. The second-order valence-electron chi connectivity index (χ2n) is 6.25. The van der Waals surface area contributed by atoms with Crippen LogP contribution in [0.15, 0.2) is 62.8 Å². The molecule has 0 atom stereocenters. The number of pyridine rings is 1. The fourth-order valence-corrected chi connectivity index (χ4v) is 4.49. The van der Waals surface area contributed by atoms with E-state index in [0.717, 1.165) is 5.39 Å². The van der Waals surface area contributed by atoms with E-state index < -0.39 is 15.8 Å². The monoisotopic (exact) mass is 433 g/mol. The van der Waals surface area contributed by atoms with Crippen LogP contribution >= 0.6 is 11.6 Å². The molecule has 4 rings (SSSR count). The summed E-state index contributed by atoms with van der Waals surface area (Å²) in [6.07, 6.45) is 1.66. The molecule has 2 aromatic heterocycles. The van der Waals surface area contributed by atoms with Gasteiger partial charge in [-0.05, 0) is 18.2 Å². The van der Waals surface area contributed by atoms with Crippen molar-refractivity contribution in [2.75, 3.05) is 13.2 Å². The number of aryl methyl sites for hydroxylation is 1. The maximum atomic E-state index is 12.6. The van der Waals surface area contributed by atoms with Crippen LogP contribution in [0.4, 0.5) is 0 Å². The van der Waals surface area contributed by atoms with Gasteiger partial charge in [0, 0.05) is 31.2 Å². The van der Waals surface area contributed by atoms with E-state index in [9.17, 15) is 13.2 Å². The number of benzene rings is 2. The van der Waals surface area contributed by atoms with Crippen LogP contribution in [0.5, 0.6) is 5.75 Å². The normalized spacial score (nSPS) is 11.9. The molecule has 0 aliphatic rings. The van der Waals surface area contributed by atoms with Gasteiger partial charge >= 0.3 is 5.76 Å². The topological polar surface area (TPSA) is 103 Å². The molecule has 0 saturated carbocycles. The number of fused-ring (bicyclic) bond motifs is 2. The number of nitrogens with one attached hydrogen (secondary N) is 1. The molecular formula is C19H16ClN3O5S. The summed E-state index contributed by atoms with van der Waals surface area (Å²) >= 11 is 6.13. The Morgan fingerprint density at radius 2 is 2.03 bits per heavy atom. The lowest BCUT2D eigenvalue weighted by atomic mass is 10.2. The van der Waals surface area contributed by atoms with Crippen molar-refractivity contribution >= 4 is 43.6 Å². The molecule has 29 heavy (non-hydrogen) atoms. The third-order valence-corrected chi connectivity index (χ3v) is 6.31. The van der Waals surface area contributed by atoms with Gasteiger partial charge in [-0.3, -0.25) is 9.55 Å². The van der Waals surface area contributed by atoms with Gasteiger partial charge in [0.25, 0.3) is 0 Å². The van der Waals surface area contributed by atoms with Crippen molar-refractivity contribution in [2.24, 2.45) is 7.05 Å². The van der Waals surface area contributed by atoms with Gasteiger partial charge in [-0.2, -0.15) is 0 Å². The van der Waals surface area contributed by atoms with Gasteiger partial charge in [0.15, 0.2) is 5.58 Å². The van der Waals surface area contributed by atoms with E-state index in [4.69, 9.17) is 20.8 Å². The zero-order chi connectivity index (χ0) is 20.6. The minimum Gasteiger partial charge on any atom is -0.490 e. The molecule has 0 amide bonds. The van der Waals surface area contributed by atoms with E-state index in [1.807, 2.05) is 24.3 Å². The number of para-hydroxylation sites is 1. The molecule has 0 spiro atoms. The largest absolute Gasteiger partial charge is 0.490 e. The van der Waals surface area contributed by atoms with Crippen molar-refractivity contribution in [3.8, 4) is 5.75 Å². The number of rotatable bonds is 6. The zero-order valence-corrected chi connectivity index (χ0v) is 16.8. The van der Waals surface area contributed by atoms with Crippen LogP contribution in [0.2, 0.25) is 5.02 Å². The number of sulfonamides is 1. The lowest BCUT2D eigenvalue weighted by Crippen LogP contribution is -2.28. The molecule has 2 aromatic carbocycles. The quantitative estimate of drug-likeness (QED) is 0.469. The molecule has 0 saturated heterocycles. The number of hydrogen-bond acceptors (Lipinski definition) is 6. The van der Waals surface area contributed by atoms with Crippen LogP contribution in [-0.2, 0) is 17.1 Å². The predicted molar refractivity (Wildman–Crippen MR) is 109 cm³/mol. The number of halogens is 1. The van der Waals surface area contributed by atoms with Crippen LogP contribution in [0, 0.1) is 0 Å². The molecule has 0 aliphatic heterocycles. The van der Waals surface area contributed by atoms with Crippen molar-refractivity contribution in [1.82, 2.24) is 14.3 Å². The summed E-state index contributed by atoms with van der Waals surface area (Å²) in [4.78, 5) is 15.7. The molecule has 0 unspecified atom stereocenters. The van der Waals surface area contributed by atoms with Crippen LogP contribution in [0.1, 0.15) is 0 Å². The summed E-state index contributed by atoms with van der Waals surface area (Å²) in [6, 6.07) is 11.9. The highest BCUT2D eigenvalue weighted by Gasteiger charge is 2.21. The van der Waals surface area contributed by atoms with Gasteiger partial charge < -0.3 is 9.15 Å².